The molecule has 0 bridgehead atoms. The first-order chi connectivity index (χ1) is 9.94. The second kappa shape index (κ2) is 6.53. The maximum absolute atomic E-state index is 12.1. The summed E-state index contributed by atoms with van der Waals surface area (Å²) < 4.78 is 0. The Bertz CT molecular complexity index is 583. The van der Waals surface area contributed by atoms with E-state index in [2.05, 4.69) is 31.1 Å². The minimum atomic E-state index is -0.0471. The van der Waals surface area contributed by atoms with Crippen molar-refractivity contribution in [2.45, 2.75) is 33.7 Å². The molecule has 0 aliphatic carbocycles. The lowest BCUT2D eigenvalue weighted by atomic mass is 9.88. The number of aromatic nitrogens is 1. The summed E-state index contributed by atoms with van der Waals surface area (Å²) in [6.45, 7) is 7.15. The van der Waals surface area contributed by atoms with Gasteiger partial charge in [-0.05, 0) is 47.2 Å². The van der Waals surface area contributed by atoms with Crippen molar-refractivity contribution in [3.05, 3.63) is 65.5 Å². The predicted octanol–water partition coefficient (Wildman–Crippen LogP) is 3.60. The minimum absolute atomic E-state index is 0.0471. The monoisotopic (exact) mass is 282 g/mol. The molecule has 0 fully saturated rings. The summed E-state index contributed by atoms with van der Waals surface area (Å²) in [4.78, 5) is 16.0. The lowest BCUT2D eigenvalue weighted by molar-refractivity contribution is 0.0951. The van der Waals surface area contributed by atoms with Crippen LogP contribution in [0.3, 0.4) is 0 Å². The maximum atomic E-state index is 12.1. The summed E-state index contributed by atoms with van der Waals surface area (Å²) >= 11 is 0. The zero-order valence-corrected chi connectivity index (χ0v) is 12.9. The van der Waals surface area contributed by atoms with E-state index < -0.39 is 0 Å². The SMILES string of the molecule is CC(C)(C)Cc1ccc(C(=O)NCc2ccncc2)cc1. The quantitative estimate of drug-likeness (QED) is 0.931. The second-order valence-electron chi connectivity index (χ2n) is 6.47. The molecule has 0 aliphatic rings. The van der Waals surface area contributed by atoms with Crippen molar-refractivity contribution in [1.82, 2.24) is 10.3 Å². The fourth-order valence-corrected chi connectivity index (χ4v) is 2.17. The minimum Gasteiger partial charge on any atom is -0.348 e. The predicted molar refractivity (Wildman–Crippen MR) is 85.0 cm³/mol. The highest BCUT2D eigenvalue weighted by Gasteiger charge is 2.12. The molecule has 1 aromatic heterocycles. The van der Waals surface area contributed by atoms with E-state index in [4.69, 9.17) is 0 Å². The number of carbonyl (C=O) groups is 1. The van der Waals surface area contributed by atoms with Crippen molar-refractivity contribution in [2.24, 2.45) is 5.41 Å². The number of nitrogens with zero attached hydrogens (tertiary/aromatic N) is 1. The summed E-state index contributed by atoms with van der Waals surface area (Å²) in [7, 11) is 0. The Hall–Kier alpha value is -2.16. The number of hydrogen-bond donors (Lipinski definition) is 1. The molecule has 1 N–H and O–H groups in total. The van der Waals surface area contributed by atoms with Gasteiger partial charge in [-0.15, -0.1) is 0 Å². The number of carbonyl (C=O) groups excluding carboxylic acids is 1. The van der Waals surface area contributed by atoms with Gasteiger partial charge in [0, 0.05) is 24.5 Å². The van der Waals surface area contributed by atoms with Crippen LogP contribution < -0.4 is 5.32 Å². The van der Waals surface area contributed by atoms with E-state index in [-0.39, 0.29) is 11.3 Å². The summed E-state index contributed by atoms with van der Waals surface area (Å²) in [6.07, 6.45) is 4.46. The Morgan fingerprint density at radius 2 is 1.62 bits per heavy atom. The summed E-state index contributed by atoms with van der Waals surface area (Å²) in [6, 6.07) is 11.6. The lowest BCUT2D eigenvalue weighted by Crippen LogP contribution is -2.22. The number of pyridine rings is 1. The zero-order valence-electron chi connectivity index (χ0n) is 12.9. The molecule has 0 atom stereocenters. The van der Waals surface area contributed by atoms with Crippen LogP contribution in [-0.2, 0) is 13.0 Å². The molecule has 2 rings (SSSR count). The van der Waals surface area contributed by atoms with E-state index in [9.17, 15) is 4.79 Å². The molecule has 2 aromatic rings. The Kier molecular flexibility index (Phi) is 4.73. The molecule has 0 radical (unpaired) electrons. The van der Waals surface area contributed by atoms with E-state index in [0.717, 1.165) is 12.0 Å². The van der Waals surface area contributed by atoms with Crippen LogP contribution >= 0.6 is 0 Å². The highest BCUT2D eigenvalue weighted by Crippen LogP contribution is 2.20. The highest BCUT2D eigenvalue weighted by atomic mass is 16.1. The van der Waals surface area contributed by atoms with Crippen molar-refractivity contribution in [2.75, 3.05) is 0 Å². The summed E-state index contributed by atoms with van der Waals surface area (Å²) in [5.74, 6) is -0.0471. The van der Waals surface area contributed by atoms with Gasteiger partial charge in [0.05, 0.1) is 0 Å². The highest BCUT2D eigenvalue weighted by molar-refractivity contribution is 5.94. The first-order valence-corrected chi connectivity index (χ1v) is 7.20. The van der Waals surface area contributed by atoms with E-state index in [1.54, 1.807) is 12.4 Å². The third kappa shape index (κ3) is 5.03. The molecular weight excluding hydrogens is 260 g/mol. The Morgan fingerprint density at radius 1 is 1.00 bits per heavy atom. The number of rotatable bonds is 4. The van der Waals surface area contributed by atoms with Crippen molar-refractivity contribution in [3.63, 3.8) is 0 Å². The largest absolute Gasteiger partial charge is 0.348 e. The maximum Gasteiger partial charge on any atom is 0.251 e. The standard InChI is InChI=1S/C18H22N2O/c1-18(2,3)12-14-4-6-16(7-5-14)17(21)20-13-15-8-10-19-11-9-15/h4-11H,12-13H2,1-3H3,(H,20,21). The van der Waals surface area contributed by atoms with E-state index in [1.807, 2.05) is 36.4 Å². The van der Waals surface area contributed by atoms with E-state index >= 15 is 0 Å². The van der Waals surface area contributed by atoms with Crippen LogP contribution in [0.1, 0.15) is 42.3 Å². The molecule has 3 nitrogen and oxygen atoms in total. The fourth-order valence-electron chi connectivity index (χ4n) is 2.17. The Morgan fingerprint density at radius 3 is 2.19 bits per heavy atom. The number of amides is 1. The molecular formula is C18H22N2O. The van der Waals surface area contributed by atoms with Crippen LogP contribution in [0.5, 0.6) is 0 Å². The van der Waals surface area contributed by atoms with Gasteiger partial charge in [-0.25, -0.2) is 0 Å². The van der Waals surface area contributed by atoms with Crippen LogP contribution in [-0.4, -0.2) is 10.9 Å². The van der Waals surface area contributed by atoms with Crippen LogP contribution in [0.25, 0.3) is 0 Å². The van der Waals surface area contributed by atoms with Gasteiger partial charge < -0.3 is 5.32 Å². The molecule has 0 saturated heterocycles. The number of hydrogen-bond acceptors (Lipinski definition) is 2. The molecule has 1 aromatic carbocycles. The molecule has 1 amide bonds. The van der Waals surface area contributed by atoms with E-state index in [0.29, 0.717) is 12.1 Å². The number of benzene rings is 1. The van der Waals surface area contributed by atoms with Gasteiger partial charge in [-0.2, -0.15) is 0 Å². The molecule has 3 heteroatoms. The fraction of sp³-hybridized carbons (Fsp3) is 0.333. The van der Waals surface area contributed by atoms with Crippen LogP contribution in [0.4, 0.5) is 0 Å². The molecule has 110 valence electrons. The molecule has 0 saturated carbocycles. The van der Waals surface area contributed by atoms with Gasteiger partial charge in [-0.3, -0.25) is 9.78 Å². The first-order valence-electron chi connectivity index (χ1n) is 7.20. The zero-order chi connectivity index (χ0) is 15.3. The van der Waals surface area contributed by atoms with E-state index in [1.165, 1.54) is 5.56 Å². The van der Waals surface area contributed by atoms with Crippen LogP contribution in [0.15, 0.2) is 48.8 Å². The topological polar surface area (TPSA) is 42.0 Å². The van der Waals surface area contributed by atoms with Crippen LogP contribution in [0.2, 0.25) is 0 Å². The summed E-state index contributed by atoms with van der Waals surface area (Å²) in [5, 5.41) is 2.92. The van der Waals surface area contributed by atoms with Crippen molar-refractivity contribution >= 4 is 5.91 Å². The van der Waals surface area contributed by atoms with Gasteiger partial charge in [0.2, 0.25) is 0 Å². The Balaban J connectivity index is 1.94. The van der Waals surface area contributed by atoms with Gasteiger partial charge >= 0.3 is 0 Å². The third-order valence-electron chi connectivity index (χ3n) is 3.15. The average Bonchev–Trinajstić information content (AvgIpc) is 2.45. The average molecular weight is 282 g/mol. The second-order valence-corrected chi connectivity index (χ2v) is 6.47. The van der Waals surface area contributed by atoms with Gasteiger partial charge in [0.15, 0.2) is 0 Å². The van der Waals surface area contributed by atoms with Crippen molar-refractivity contribution < 1.29 is 4.79 Å². The third-order valence-corrected chi connectivity index (χ3v) is 3.15. The number of nitrogens with one attached hydrogen (secondary N) is 1. The van der Waals surface area contributed by atoms with Crippen LogP contribution in [0, 0.1) is 5.41 Å². The summed E-state index contributed by atoms with van der Waals surface area (Å²) in [5.41, 5.74) is 3.25. The normalized spacial score (nSPS) is 11.2. The van der Waals surface area contributed by atoms with Gasteiger partial charge in [-0.1, -0.05) is 32.9 Å². The molecule has 21 heavy (non-hydrogen) atoms. The van der Waals surface area contributed by atoms with Crippen molar-refractivity contribution in [1.29, 1.82) is 0 Å². The smallest absolute Gasteiger partial charge is 0.251 e. The molecule has 0 unspecified atom stereocenters. The van der Waals surface area contributed by atoms with Gasteiger partial charge in [0.1, 0.15) is 0 Å². The molecule has 0 aliphatic heterocycles. The van der Waals surface area contributed by atoms with Gasteiger partial charge in [0.25, 0.3) is 5.91 Å². The molecule has 0 spiro atoms. The lowest BCUT2D eigenvalue weighted by Gasteiger charge is -2.18. The first kappa shape index (κ1) is 15.2. The Labute approximate surface area is 126 Å². The van der Waals surface area contributed by atoms with Crippen molar-refractivity contribution in [3.8, 4) is 0 Å². The molecule has 1 heterocycles.